The Morgan fingerprint density at radius 3 is 2.55 bits per heavy atom. The number of aliphatic imine (C=N–C) groups is 1. The molecule has 2 aromatic carbocycles. The van der Waals surface area contributed by atoms with Gasteiger partial charge in [-0.1, -0.05) is 48.5 Å². The zero-order valence-corrected chi connectivity index (χ0v) is 20.1. The Labute approximate surface area is 200 Å². The van der Waals surface area contributed by atoms with Gasteiger partial charge in [0.1, 0.15) is 11.6 Å². The van der Waals surface area contributed by atoms with Gasteiger partial charge < -0.3 is 15.2 Å². The lowest BCUT2D eigenvalue weighted by atomic mass is 9.95. The first-order valence-corrected chi connectivity index (χ1v) is 10.4. The van der Waals surface area contributed by atoms with Gasteiger partial charge in [-0.25, -0.2) is 9.37 Å². The Morgan fingerprint density at radius 2 is 1.84 bits per heavy atom. The zero-order chi connectivity index (χ0) is 20.8. The molecule has 164 valence electrons. The molecule has 3 aromatic rings. The summed E-state index contributed by atoms with van der Waals surface area (Å²) < 4.78 is 16.4. The molecule has 1 saturated carbocycles. The van der Waals surface area contributed by atoms with Crippen LogP contribution < -0.4 is 10.6 Å². The highest BCUT2D eigenvalue weighted by Gasteiger charge is 2.45. The van der Waals surface area contributed by atoms with Crippen molar-refractivity contribution in [2.75, 3.05) is 13.6 Å². The summed E-state index contributed by atoms with van der Waals surface area (Å²) in [5, 5.41) is 6.71. The van der Waals surface area contributed by atoms with Crippen LogP contribution in [0.25, 0.3) is 0 Å². The van der Waals surface area contributed by atoms with E-state index in [0.717, 1.165) is 37.2 Å². The van der Waals surface area contributed by atoms with Gasteiger partial charge in [-0.15, -0.1) is 24.0 Å². The molecule has 31 heavy (non-hydrogen) atoms. The minimum atomic E-state index is -0.128. The zero-order valence-electron chi connectivity index (χ0n) is 17.7. The molecular formula is C24H29FIN5. The number of hydrogen-bond acceptors (Lipinski definition) is 2. The summed E-state index contributed by atoms with van der Waals surface area (Å²) in [5.74, 6) is 1.54. The standard InChI is InChI=1S/C24H28FN5.HI/c1-26-23(29-18-24(12-13-24)20-9-5-6-10-21(20)25)28-17-22-27-14-16-30(22)15-11-19-7-3-2-4-8-19;/h2-10,14,16H,11-13,15,17-18H2,1H3,(H2,26,28,29);1H. The van der Waals surface area contributed by atoms with Gasteiger partial charge in [0, 0.05) is 37.9 Å². The third kappa shape index (κ3) is 5.84. The Kier molecular flexibility index (Phi) is 8.06. The van der Waals surface area contributed by atoms with Crippen LogP contribution in [-0.2, 0) is 24.9 Å². The highest BCUT2D eigenvalue weighted by molar-refractivity contribution is 14.0. The molecule has 1 aliphatic rings. The van der Waals surface area contributed by atoms with Gasteiger partial charge in [-0.3, -0.25) is 4.99 Å². The van der Waals surface area contributed by atoms with Crippen LogP contribution in [0.15, 0.2) is 72.0 Å². The summed E-state index contributed by atoms with van der Waals surface area (Å²) in [6.45, 7) is 2.12. The van der Waals surface area contributed by atoms with E-state index in [1.165, 1.54) is 11.6 Å². The van der Waals surface area contributed by atoms with Crippen LogP contribution in [0.3, 0.4) is 0 Å². The number of rotatable bonds is 8. The highest BCUT2D eigenvalue weighted by Crippen LogP contribution is 2.48. The Bertz CT molecular complexity index is 998. The van der Waals surface area contributed by atoms with E-state index >= 15 is 0 Å². The van der Waals surface area contributed by atoms with Gasteiger partial charge >= 0.3 is 0 Å². The van der Waals surface area contributed by atoms with Gasteiger partial charge in [0.15, 0.2) is 5.96 Å². The summed E-state index contributed by atoms with van der Waals surface area (Å²) in [6, 6.07) is 17.5. The minimum Gasteiger partial charge on any atom is -0.356 e. The number of nitrogens with zero attached hydrogens (tertiary/aromatic N) is 3. The number of benzene rings is 2. The summed E-state index contributed by atoms with van der Waals surface area (Å²) in [4.78, 5) is 8.80. The molecule has 0 unspecified atom stereocenters. The largest absolute Gasteiger partial charge is 0.356 e. The van der Waals surface area contributed by atoms with Gasteiger partial charge in [-0.2, -0.15) is 0 Å². The number of guanidine groups is 1. The first-order valence-electron chi connectivity index (χ1n) is 10.4. The van der Waals surface area contributed by atoms with E-state index in [1.54, 1.807) is 13.1 Å². The monoisotopic (exact) mass is 533 g/mol. The number of nitrogens with one attached hydrogen (secondary N) is 2. The molecule has 1 aromatic heterocycles. The summed E-state index contributed by atoms with van der Waals surface area (Å²) >= 11 is 0. The predicted octanol–water partition coefficient (Wildman–Crippen LogP) is 4.28. The minimum absolute atomic E-state index is 0. The topological polar surface area (TPSA) is 54.2 Å². The molecule has 4 rings (SSSR count). The number of halogens is 2. The van der Waals surface area contributed by atoms with Crippen molar-refractivity contribution in [2.45, 2.75) is 37.8 Å². The maximum absolute atomic E-state index is 14.2. The molecule has 0 saturated heterocycles. The maximum Gasteiger partial charge on any atom is 0.191 e. The number of aryl methyl sites for hydroxylation is 2. The molecule has 0 amide bonds. The van der Waals surface area contributed by atoms with E-state index in [0.29, 0.717) is 19.0 Å². The van der Waals surface area contributed by atoms with Crippen molar-refractivity contribution in [3.8, 4) is 0 Å². The molecule has 1 aliphatic carbocycles. The molecule has 0 bridgehead atoms. The third-order valence-corrected chi connectivity index (χ3v) is 5.82. The molecular weight excluding hydrogens is 504 g/mol. The molecule has 7 heteroatoms. The van der Waals surface area contributed by atoms with Gasteiger partial charge in [0.2, 0.25) is 0 Å². The quantitative estimate of drug-likeness (QED) is 0.258. The molecule has 1 heterocycles. The summed E-state index contributed by atoms with van der Waals surface area (Å²) in [5.41, 5.74) is 1.98. The van der Waals surface area contributed by atoms with E-state index in [-0.39, 0.29) is 35.2 Å². The summed E-state index contributed by atoms with van der Waals surface area (Å²) in [6.07, 6.45) is 6.77. The van der Waals surface area contributed by atoms with Crippen LogP contribution in [-0.4, -0.2) is 29.1 Å². The fourth-order valence-electron chi connectivity index (χ4n) is 3.82. The second-order valence-electron chi connectivity index (χ2n) is 7.81. The average molecular weight is 533 g/mol. The van der Waals surface area contributed by atoms with Crippen molar-refractivity contribution >= 4 is 29.9 Å². The molecule has 1 fully saturated rings. The first kappa shape index (κ1) is 23.2. The van der Waals surface area contributed by atoms with Crippen LogP contribution in [0.5, 0.6) is 0 Å². The second kappa shape index (κ2) is 10.7. The van der Waals surface area contributed by atoms with Gasteiger partial charge in [-0.05, 0) is 36.5 Å². The predicted molar refractivity (Wildman–Crippen MR) is 133 cm³/mol. The Morgan fingerprint density at radius 1 is 1.10 bits per heavy atom. The number of aromatic nitrogens is 2. The van der Waals surface area contributed by atoms with Crippen molar-refractivity contribution in [1.29, 1.82) is 0 Å². The first-order chi connectivity index (χ1) is 14.7. The molecule has 0 aliphatic heterocycles. The van der Waals surface area contributed by atoms with E-state index in [1.807, 2.05) is 30.6 Å². The third-order valence-electron chi connectivity index (χ3n) is 5.82. The molecule has 0 radical (unpaired) electrons. The average Bonchev–Trinajstić information content (AvgIpc) is 3.43. The smallest absolute Gasteiger partial charge is 0.191 e. The van der Waals surface area contributed by atoms with E-state index < -0.39 is 0 Å². The van der Waals surface area contributed by atoms with Crippen LogP contribution in [0.2, 0.25) is 0 Å². The van der Waals surface area contributed by atoms with Gasteiger partial charge in [0.05, 0.1) is 6.54 Å². The van der Waals surface area contributed by atoms with Crippen LogP contribution in [0.1, 0.15) is 29.8 Å². The van der Waals surface area contributed by atoms with Gasteiger partial charge in [0.25, 0.3) is 0 Å². The second-order valence-corrected chi connectivity index (χ2v) is 7.81. The van der Waals surface area contributed by atoms with Crippen molar-refractivity contribution in [1.82, 2.24) is 20.2 Å². The normalized spacial score (nSPS) is 14.6. The molecule has 5 nitrogen and oxygen atoms in total. The molecule has 0 atom stereocenters. The molecule has 0 spiro atoms. The number of hydrogen-bond donors (Lipinski definition) is 2. The van der Waals surface area contributed by atoms with E-state index in [9.17, 15) is 4.39 Å². The van der Waals surface area contributed by atoms with Crippen LogP contribution in [0.4, 0.5) is 4.39 Å². The fourth-order valence-corrected chi connectivity index (χ4v) is 3.82. The fraction of sp³-hybridized carbons (Fsp3) is 0.333. The maximum atomic E-state index is 14.2. The lowest BCUT2D eigenvalue weighted by Crippen LogP contribution is -2.41. The van der Waals surface area contributed by atoms with Crippen molar-refractivity contribution in [2.24, 2.45) is 4.99 Å². The van der Waals surface area contributed by atoms with E-state index in [2.05, 4.69) is 49.4 Å². The number of imidazole rings is 1. The Balaban J connectivity index is 0.00000272. The lowest BCUT2D eigenvalue weighted by Gasteiger charge is -2.19. The SMILES string of the molecule is CN=C(NCc1nccn1CCc1ccccc1)NCC1(c2ccccc2F)CC1.I. The van der Waals surface area contributed by atoms with E-state index in [4.69, 9.17) is 0 Å². The highest BCUT2D eigenvalue weighted by atomic mass is 127. The lowest BCUT2D eigenvalue weighted by molar-refractivity contribution is 0.558. The summed E-state index contributed by atoms with van der Waals surface area (Å²) in [7, 11) is 1.75. The van der Waals surface area contributed by atoms with Crippen molar-refractivity contribution < 1.29 is 4.39 Å². The Hall–Kier alpha value is -2.42. The van der Waals surface area contributed by atoms with Crippen LogP contribution in [0, 0.1) is 5.82 Å². The van der Waals surface area contributed by atoms with Crippen molar-refractivity contribution in [3.63, 3.8) is 0 Å². The molecule has 2 N–H and O–H groups in total. The van der Waals surface area contributed by atoms with Crippen LogP contribution >= 0.6 is 24.0 Å². The van der Waals surface area contributed by atoms with Crippen molar-refractivity contribution in [3.05, 3.63) is 89.8 Å².